The van der Waals surface area contributed by atoms with Gasteiger partial charge in [0.15, 0.2) is 6.61 Å². The predicted molar refractivity (Wildman–Crippen MR) is 94.9 cm³/mol. The molecule has 25 heavy (non-hydrogen) atoms. The van der Waals surface area contributed by atoms with E-state index in [4.69, 9.17) is 37.4 Å². The fourth-order valence-corrected chi connectivity index (χ4v) is 2.23. The summed E-state index contributed by atoms with van der Waals surface area (Å²) in [5, 5.41) is 3.14. The van der Waals surface area contributed by atoms with Gasteiger partial charge in [-0.25, -0.2) is 4.79 Å². The van der Waals surface area contributed by atoms with Crippen molar-refractivity contribution in [2.75, 3.05) is 26.1 Å². The topological polar surface area (TPSA) is 73.9 Å². The zero-order valence-corrected chi connectivity index (χ0v) is 15.0. The first-order valence-corrected chi connectivity index (χ1v) is 7.84. The number of carbonyl (C=O) groups excluding carboxylic acids is 2. The Balaban J connectivity index is 1.98. The normalized spacial score (nSPS) is 10.1. The van der Waals surface area contributed by atoms with Crippen molar-refractivity contribution in [3.8, 4) is 11.5 Å². The van der Waals surface area contributed by atoms with E-state index in [-0.39, 0.29) is 10.6 Å². The second kappa shape index (κ2) is 8.60. The quantitative estimate of drug-likeness (QED) is 0.767. The van der Waals surface area contributed by atoms with Crippen molar-refractivity contribution >= 4 is 40.8 Å². The first-order valence-electron chi connectivity index (χ1n) is 7.08. The van der Waals surface area contributed by atoms with E-state index in [9.17, 15) is 9.59 Å². The van der Waals surface area contributed by atoms with Crippen molar-refractivity contribution in [1.82, 2.24) is 0 Å². The van der Waals surface area contributed by atoms with Gasteiger partial charge in [-0.3, -0.25) is 4.79 Å². The molecule has 0 radical (unpaired) electrons. The van der Waals surface area contributed by atoms with Crippen LogP contribution in [0.3, 0.4) is 0 Å². The average Bonchev–Trinajstić information content (AvgIpc) is 2.61. The molecule has 0 saturated carbocycles. The monoisotopic (exact) mass is 383 g/mol. The van der Waals surface area contributed by atoms with E-state index in [0.29, 0.717) is 22.2 Å². The summed E-state index contributed by atoms with van der Waals surface area (Å²) in [7, 11) is 2.98. The second-order valence-electron chi connectivity index (χ2n) is 4.82. The third-order valence-electron chi connectivity index (χ3n) is 3.17. The van der Waals surface area contributed by atoms with Crippen LogP contribution in [0.1, 0.15) is 10.4 Å². The summed E-state index contributed by atoms with van der Waals surface area (Å²) in [5.41, 5.74) is 0.596. The highest BCUT2D eigenvalue weighted by Gasteiger charge is 2.14. The molecule has 0 aliphatic rings. The van der Waals surface area contributed by atoms with Gasteiger partial charge in [0.1, 0.15) is 11.5 Å². The zero-order valence-electron chi connectivity index (χ0n) is 13.5. The van der Waals surface area contributed by atoms with Crippen molar-refractivity contribution in [1.29, 1.82) is 0 Å². The van der Waals surface area contributed by atoms with Crippen molar-refractivity contribution in [2.24, 2.45) is 0 Å². The third-order valence-corrected chi connectivity index (χ3v) is 3.91. The van der Waals surface area contributed by atoms with Crippen LogP contribution >= 0.6 is 23.2 Å². The largest absolute Gasteiger partial charge is 0.497 e. The molecule has 2 aromatic rings. The Hall–Kier alpha value is -2.44. The summed E-state index contributed by atoms with van der Waals surface area (Å²) in [6.45, 7) is -0.473. The highest BCUT2D eigenvalue weighted by atomic mass is 35.5. The van der Waals surface area contributed by atoms with E-state index in [1.807, 2.05) is 0 Å². The molecule has 1 N–H and O–H groups in total. The van der Waals surface area contributed by atoms with Crippen molar-refractivity contribution < 1.29 is 23.8 Å². The maximum Gasteiger partial charge on any atom is 0.338 e. The minimum Gasteiger partial charge on any atom is -0.497 e. The first-order chi connectivity index (χ1) is 11.9. The molecule has 0 spiro atoms. The molecule has 0 aliphatic carbocycles. The molecule has 0 fully saturated rings. The highest BCUT2D eigenvalue weighted by Crippen LogP contribution is 2.28. The Kier molecular flexibility index (Phi) is 6.50. The second-order valence-corrected chi connectivity index (χ2v) is 5.63. The number of methoxy groups -OCH3 is 2. The number of amides is 1. The van der Waals surface area contributed by atoms with E-state index in [1.165, 1.54) is 32.4 Å². The molecule has 0 aliphatic heterocycles. The van der Waals surface area contributed by atoms with Crippen LogP contribution in [-0.2, 0) is 9.53 Å². The Bertz CT molecular complexity index is 795. The van der Waals surface area contributed by atoms with Crippen molar-refractivity contribution in [2.45, 2.75) is 0 Å². The molecule has 0 atom stereocenters. The Morgan fingerprint density at radius 1 is 1.00 bits per heavy atom. The lowest BCUT2D eigenvalue weighted by molar-refractivity contribution is -0.119. The van der Waals surface area contributed by atoms with Gasteiger partial charge in [0, 0.05) is 6.07 Å². The number of hydrogen-bond acceptors (Lipinski definition) is 5. The standard InChI is InChI=1S/C17H15Cl2NO5/c1-23-11-4-6-15(24-2)14(8-11)20-16(21)9-25-17(22)10-3-5-12(18)13(19)7-10/h3-8H,9H2,1-2H3,(H,20,21). The van der Waals surface area contributed by atoms with E-state index in [1.54, 1.807) is 18.2 Å². The fraction of sp³-hybridized carbons (Fsp3) is 0.176. The van der Waals surface area contributed by atoms with E-state index in [0.717, 1.165) is 0 Å². The van der Waals surface area contributed by atoms with E-state index in [2.05, 4.69) is 5.32 Å². The highest BCUT2D eigenvalue weighted by molar-refractivity contribution is 6.42. The lowest BCUT2D eigenvalue weighted by Crippen LogP contribution is -2.21. The van der Waals surface area contributed by atoms with Gasteiger partial charge in [-0.15, -0.1) is 0 Å². The summed E-state index contributed by atoms with van der Waals surface area (Å²) >= 11 is 11.6. The van der Waals surface area contributed by atoms with Gasteiger partial charge in [-0.05, 0) is 30.3 Å². The maximum absolute atomic E-state index is 12.0. The maximum atomic E-state index is 12.0. The van der Waals surface area contributed by atoms with Gasteiger partial charge in [0.25, 0.3) is 5.91 Å². The lowest BCUT2D eigenvalue weighted by atomic mass is 10.2. The smallest absolute Gasteiger partial charge is 0.338 e. The number of ether oxygens (including phenoxy) is 3. The van der Waals surface area contributed by atoms with Gasteiger partial charge < -0.3 is 19.5 Å². The Labute approximate surface area is 154 Å². The number of halogens is 2. The van der Waals surface area contributed by atoms with Gasteiger partial charge in [0.2, 0.25) is 0 Å². The van der Waals surface area contributed by atoms with E-state index < -0.39 is 18.5 Å². The molecule has 6 nitrogen and oxygen atoms in total. The number of carbonyl (C=O) groups is 2. The molecular weight excluding hydrogens is 369 g/mol. The minimum atomic E-state index is -0.689. The fourth-order valence-electron chi connectivity index (χ4n) is 1.94. The molecule has 2 aromatic carbocycles. The van der Waals surface area contributed by atoms with Gasteiger partial charge in [-0.2, -0.15) is 0 Å². The van der Waals surface area contributed by atoms with Crippen molar-refractivity contribution in [3.63, 3.8) is 0 Å². The number of rotatable bonds is 6. The number of nitrogens with one attached hydrogen (secondary N) is 1. The SMILES string of the molecule is COc1ccc(OC)c(NC(=O)COC(=O)c2ccc(Cl)c(Cl)c2)c1. The third kappa shape index (κ3) is 5.01. The molecular formula is C17H15Cl2NO5. The van der Waals surface area contributed by atoms with Gasteiger partial charge in [-0.1, -0.05) is 23.2 Å². The molecule has 0 bridgehead atoms. The van der Waals surface area contributed by atoms with Crippen LogP contribution < -0.4 is 14.8 Å². The lowest BCUT2D eigenvalue weighted by Gasteiger charge is -2.12. The molecule has 0 aromatic heterocycles. The first kappa shape index (κ1) is 18.9. The summed E-state index contributed by atoms with van der Waals surface area (Å²) in [5.74, 6) is -0.222. The summed E-state index contributed by atoms with van der Waals surface area (Å²) in [6.07, 6.45) is 0. The number of esters is 1. The zero-order chi connectivity index (χ0) is 18.4. The van der Waals surface area contributed by atoms with Crippen LogP contribution in [0.4, 0.5) is 5.69 Å². The molecule has 132 valence electrons. The number of benzene rings is 2. The molecule has 0 heterocycles. The molecule has 0 saturated heterocycles. The van der Waals surface area contributed by atoms with Crippen LogP contribution in [0.5, 0.6) is 11.5 Å². The molecule has 8 heteroatoms. The Morgan fingerprint density at radius 3 is 2.40 bits per heavy atom. The average molecular weight is 384 g/mol. The molecule has 1 amide bonds. The van der Waals surface area contributed by atoms with Crippen LogP contribution in [0.15, 0.2) is 36.4 Å². The summed E-state index contributed by atoms with van der Waals surface area (Å²) in [6, 6.07) is 9.24. The van der Waals surface area contributed by atoms with Gasteiger partial charge >= 0.3 is 5.97 Å². The summed E-state index contributed by atoms with van der Waals surface area (Å²) < 4.78 is 15.2. The minimum absolute atomic E-state index is 0.196. The predicted octanol–water partition coefficient (Wildman–Crippen LogP) is 3.81. The van der Waals surface area contributed by atoms with Crippen LogP contribution in [0.2, 0.25) is 10.0 Å². The number of anilines is 1. The van der Waals surface area contributed by atoms with Crippen molar-refractivity contribution in [3.05, 3.63) is 52.0 Å². The molecule has 2 rings (SSSR count). The summed E-state index contributed by atoms with van der Waals surface area (Å²) in [4.78, 5) is 23.9. The van der Waals surface area contributed by atoms with Crippen LogP contribution in [0.25, 0.3) is 0 Å². The van der Waals surface area contributed by atoms with Crippen LogP contribution in [-0.4, -0.2) is 32.7 Å². The Morgan fingerprint density at radius 2 is 1.76 bits per heavy atom. The van der Waals surface area contributed by atoms with Crippen LogP contribution in [0, 0.1) is 0 Å². The molecule has 0 unspecified atom stereocenters. The van der Waals surface area contributed by atoms with Gasteiger partial charge in [0.05, 0.1) is 35.5 Å². The van der Waals surface area contributed by atoms with E-state index >= 15 is 0 Å². The number of hydrogen-bond donors (Lipinski definition) is 1.